The van der Waals surface area contributed by atoms with Gasteiger partial charge in [-0.15, -0.1) is 0 Å². The number of aryl methyl sites for hydroxylation is 2. The molecule has 2 aromatic rings. The Balaban J connectivity index is 1.28. The van der Waals surface area contributed by atoms with Gasteiger partial charge in [0, 0.05) is 30.3 Å². The van der Waals surface area contributed by atoms with Crippen LogP contribution in [-0.2, 0) is 26.0 Å². The van der Waals surface area contributed by atoms with Gasteiger partial charge in [-0.25, -0.2) is 13.1 Å². The highest BCUT2D eigenvalue weighted by Gasteiger charge is 2.27. The second-order valence-corrected chi connectivity index (χ2v) is 10.9. The van der Waals surface area contributed by atoms with Crippen LogP contribution in [0.15, 0.2) is 47.4 Å². The summed E-state index contributed by atoms with van der Waals surface area (Å²) < 4.78 is 28.4. The van der Waals surface area contributed by atoms with Crippen LogP contribution in [0.4, 0.5) is 11.4 Å². The molecule has 7 nitrogen and oxygen atoms in total. The van der Waals surface area contributed by atoms with E-state index in [2.05, 4.69) is 15.4 Å². The Morgan fingerprint density at radius 2 is 1.76 bits per heavy atom. The lowest BCUT2D eigenvalue weighted by Crippen LogP contribution is -2.33. The summed E-state index contributed by atoms with van der Waals surface area (Å²) in [5.41, 5.74) is 3.50. The van der Waals surface area contributed by atoms with Crippen molar-refractivity contribution in [1.82, 2.24) is 4.72 Å². The molecular formula is C25H31N3O4S. The van der Waals surface area contributed by atoms with E-state index in [1.807, 2.05) is 31.2 Å². The maximum atomic E-state index is 12.8. The Morgan fingerprint density at radius 1 is 1.03 bits per heavy atom. The normalized spacial score (nSPS) is 20.9. The summed E-state index contributed by atoms with van der Waals surface area (Å²) in [6.45, 7) is 2.37. The van der Waals surface area contributed by atoms with E-state index in [9.17, 15) is 18.0 Å². The number of amides is 2. The molecule has 2 aromatic carbocycles. The Kier molecular flexibility index (Phi) is 7.14. The van der Waals surface area contributed by atoms with E-state index in [-0.39, 0.29) is 28.5 Å². The summed E-state index contributed by atoms with van der Waals surface area (Å²) in [6.07, 6.45) is 4.95. The molecule has 2 aliphatic rings. The van der Waals surface area contributed by atoms with E-state index in [1.165, 1.54) is 0 Å². The molecule has 1 saturated carbocycles. The van der Waals surface area contributed by atoms with Crippen molar-refractivity contribution in [3.05, 3.63) is 53.6 Å². The van der Waals surface area contributed by atoms with Gasteiger partial charge in [-0.2, -0.15) is 0 Å². The molecule has 0 saturated heterocycles. The summed E-state index contributed by atoms with van der Waals surface area (Å²) in [7, 11) is -3.63. The zero-order valence-electron chi connectivity index (χ0n) is 18.9. The molecule has 33 heavy (non-hydrogen) atoms. The first-order valence-electron chi connectivity index (χ1n) is 11.6. The molecule has 1 aliphatic carbocycles. The fourth-order valence-corrected chi connectivity index (χ4v) is 5.71. The molecule has 0 unspecified atom stereocenters. The van der Waals surface area contributed by atoms with E-state index in [1.54, 1.807) is 18.2 Å². The van der Waals surface area contributed by atoms with Crippen LogP contribution >= 0.6 is 0 Å². The predicted molar refractivity (Wildman–Crippen MR) is 128 cm³/mol. The molecule has 1 aliphatic heterocycles. The van der Waals surface area contributed by atoms with Crippen molar-refractivity contribution < 1.29 is 18.0 Å². The first kappa shape index (κ1) is 23.4. The van der Waals surface area contributed by atoms with Crippen LogP contribution in [0.2, 0.25) is 0 Å². The van der Waals surface area contributed by atoms with Crippen LogP contribution in [-0.4, -0.2) is 26.8 Å². The minimum atomic E-state index is -3.63. The van der Waals surface area contributed by atoms with Gasteiger partial charge in [0.05, 0.1) is 4.90 Å². The monoisotopic (exact) mass is 469 g/mol. The first-order valence-corrected chi connectivity index (χ1v) is 13.1. The number of nitrogens with one attached hydrogen (secondary N) is 3. The molecule has 4 rings (SSSR count). The Bertz CT molecular complexity index is 1120. The van der Waals surface area contributed by atoms with Gasteiger partial charge >= 0.3 is 0 Å². The zero-order valence-corrected chi connectivity index (χ0v) is 19.7. The molecule has 3 N–H and O–H groups in total. The number of anilines is 2. The standard InChI is InChI=1S/C25H31N3O4S/c1-17-5-11-21(12-6-17)27-25(30)19-9-7-18(8-10-19)16-26-33(31,32)22-13-14-23-20(15-22)3-2-4-24(29)28-23/h5-6,11-15,18-19,26H,2-4,7-10,16H2,1H3,(H,27,30)(H,28,29). The number of hydrogen-bond acceptors (Lipinski definition) is 4. The third-order valence-corrected chi connectivity index (χ3v) is 8.03. The Morgan fingerprint density at radius 3 is 2.48 bits per heavy atom. The highest BCUT2D eigenvalue weighted by Crippen LogP contribution is 2.30. The largest absolute Gasteiger partial charge is 0.326 e. The summed E-state index contributed by atoms with van der Waals surface area (Å²) in [6, 6.07) is 12.6. The lowest BCUT2D eigenvalue weighted by atomic mass is 9.81. The molecule has 1 heterocycles. The van der Waals surface area contributed by atoms with Crippen molar-refractivity contribution in [2.24, 2.45) is 11.8 Å². The van der Waals surface area contributed by atoms with Crippen molar-refractivity contribution >= 4 is 33.2 Å². The lowest BCUT2D eigenvalue weighted by molar-refractivity contribution is -0.121. The highest BCUT2D eigenvalue weighted by atomic mass is 32.2. The van der Waals surface area contributed by atoms with Crippen molar-refractivity contribution in [2.75, 3.05) is 17.2 Å². The molecule has 1 fully saturated rings. The SMILES string of the molecule is Cc1ccc(NC(=O)C2CCC(CNS(=O)(=O)c3ccc4c(c3)CCCC(=O)N4)CC2)cc1. The van der Waals surface area contributed by atoms with Crippen LogP contribution in [0.25, 0.3) is 0 Å². The molecule has 0 spiro atoms. The Hall–Kier alpha value is -2.71. The summed E-state index contributed by atoms with van der Waals surface area (Å²) in [5, 5.41) is 5.82. The van der Waals surface area contributed by atoms with Crippen molar-refractivity contribution in [1.29, 1.82) is 0 Å². The van der Waals surface area contributed by atoms with Gasteiger partial charge in [0.15, 0.2) is 0 Å². The summed E-state index contributed by atoms with van der Waals surface area (Å²) in [5.74, 6) is 0.169. The maximum Gasteiger partial charge on any atom is 0.240 e. The van der Waals surface area contributed by atoms with Crippen LogP contribution in [0, 0.1) is 18.8 Å². The van der Waals surface area contributed by atoms with Gasteiger partial charge in [0.25, 0.3) is 0 Å². The highest BCUT2D eigenvalue weighted by molar-refractivity contribution is 7.89. The Labute approximate surface area is 195 Å². The number of rotatable bonds is 6. The van der Waals surface area contributed by atoms with Crippen molar-refractivity contribution in [2.45, 2.75) is 56.8 Å². The minimum absolute atomic E-state index is 0.0365. The number of benzene rings is 2. The van der Waals surface area contributed by atoms with Crippen molar-refractivity contribution in [3.8, 4) is 0 Å². The van der Waals surface area contributed by atoms with Gasteiger partial charge in [-0.3, -0.25) is 9.59 Å². The molecular weight excluding hydrogens is 438 g/mol. The fourth-order valence-electron chi connectivity index (χ4n) is 4.54. The predicted octanol–water partition coefficient (Wildman–Crippen LogP) is 3.99. The third-order valence-electron chi connectivity index (χ3n) is 6.61. The molecule has 0 radical (unpaired) electrons. The van der Waals surface area contributed by atoms with E-state index in [4.69, 9.17) is 0 Å². The molecule has 8 heteroatoms. The average Bonchev–Trinajstić information content (AvgIpc) is 2.99. The lowest BCUT2D eigenvalue weighted by Gasteiger charge is -2.28. The number of hydrogen-bond donors (Lipinski definition) is 3. The second-order valence-electron chi connectivity index (χ2n) is 9.15. The zero-order chi connectivity index (χ0) is 23.4. The van der Waals surface area contributed by atoms with E-state index >= 15 is 0 Å². The van der Waals surface area contributed by atoms with E-state index in [0.717, 1.165) is 42.5 Å². The molecule has 0 aromatic heterocycles. The average molecular weight is 470 g/mol. The summed E-state index contributed by atoms with van der Waals surface area (Å²) >= 11 is 0. The van der Waals surface area contributed by atoms with Crippen LogP contribution in [0.1, 0.15) is 49.7 Å². The fraction of sp³-hybridized carbons (Fsp3) is 0.440. The van der Waals surface area contributed by atoms with Crippen molar-refractivity contribution in [3.63, 3.8) is 0 Å². The van der Waals surface area contributed by atoms with Crippen LogP contribution in [0.5, 0.6) is 0 Å². The van der Waals surface area contributed by atoms with Gasteiger partial charge in [-0.05, 0) is 87.3 Å². The first-order chi connectivity index (χ1) is 15.8. The van der Waals surface area contributed by atoms with E-state index < -0.39 is 10.0 Å². The smallest absolute Gasteiger partial charge is 0.240 e. The number of carbonyl (C=O) groups is 2. The maximum absolute atomic E-state index is 12.8. The number of carbonyl (C=O) groups excluding carboxylic acids is 2. The minimum Gasteiger partial charge on any atom is -0.326 e. The van der Waals surface area contributed by atoms with Crippen LogP contribution < -0.4 is 15.4 Å². The van der Waals surface area contributed by atoms with Gasteiger partial charge in [-0.1, -0.05) is 17.7 Å². The third kappa shape index (κ3) is 6.00. The quantitative estimate of drug-likeness (QED) is 0.595. The molecule has 0 bridgehead atoms. The molecule has 2 amide bonds. The number of sulfonamides is 1. The van der Waals surface area contributed by atoms with Gasteiger partial charge in [0.2, 0.25) is 21.8 Å². The van der Waals surface area contributed by atoms with E-state index in [0.29, 0.717) is 31.5 Å². The van der Waals surface area contributed by atoms with Gasteiger partial charge < -0.3 is 10.6 Å². The number of fused-ring (bicyclic) bond motifs is 1. The summed E-state index contributed by atoms with van der Waals surface area (Å²) in [4.78, 5) is 24.5. The second kappa shape index (κ2) is 10.1. The van der Waals surface area contributed by atoms with Crippen LogP contribution in [0.3, 0.4) is 0 Å². The topological polar surface area (TPSA) is 104 Å². The molecule has 176 valence electrons. The van der Waals surface area contributed by atoms with Gasteiger partial charge in [0.1, 0.15) is 0 Å². The molecule has 0 atom stereocenters.